The van der Waals surface area contributed by atoms with Crippen LogP contribution in [0, 0.1) is 47.3 Å². The second-order valence-corrected chi connectivity index (χ2v) is 11.2. The normalized spacial score (nSPS) is 27.6. The van der Waals surface area contributed by atoms with Crippen molar-refractivity contribution < 1.29 is 4.79 Å². The number of nitriles is 2. The maximum Gasteiger partial charge on any atom is 0.161 e. The topological polar surface area (TPSA) is 106 Å². The van der Waals surface area contributed by atoms with Crippen molar-refractivity contribution in [2.45, 2.75) is 52.4 Å². The molecule has 0 spiro atoms. The molecule has 0 unspecified atom stereocenters. The number of Topliss-reactive ketones (excluding diaryl/α,β-unsaturated/α-hetero) is 1. The van der Waals surface area contributed by atoms with E-state index >= 15 is 0 Å². The maximum absolute atomic E-state index is 14.0. The van der Waals surface area contributed by atoms with Gasteiger partial charge in [-0.3, -0.25) is 4.79 Å². The molecule has 0 aromatic heterocycles. The highest BCUT2D eigenvalue weighted by molar-refractivity contribution is 6.16. The van der Waals surface area contributed by atoms with Gasteiger partial charge in [0, 0.05) is 29.5 Å². The van der Waals surface area contributed by atoms with Crippen LogP contribution in [0.2, 0.25) is 0 Å². The first-order valence-corrected chi connectivity index (χ1v) is 12.3. The standard InChI is InChI=1S/C30H27N5O/c1-16-8-7-11-21(17(16)2)35-22-12-29(3,4)13-23(36)24(22)26-19-10-6-5-9-18(19)25-20(14-31)27(33)34-28(35)30(25,26)15-32/h5-11,25-26H,12-13,33H2,1-4H3/t25-,26+,30+/m1/s1. The quantitative estimate of drug-likeness (QED) is 0.608. The number of anilines is 1. The highest BCUT2D eigenvalue weighted by Crippen LogP contribution is 2.67. The van der Waals surface area contributed by atoms with Crippen LogP contribution in [0.25, 0.3) is 0 Å². The summed E-state index contributed by atoms with van der Waals surface area (Å²) in [7, 11) is 0. The predicted molar refractivity (Wildman–Crippen MR) is 138 cm³/mol. The molecule has 0 saturated heterocycles. The molecule has 0 radical (unpaired) electrons. The zero-order chi connectivity index (χ0) is 25.6. The van der Waals surface area contributed by atoms with Gasteiger partial charge in [0.05, 0.1) is 23.4 Å². The number of amidine groups is 1. The highest BCUT2D eigenvalue weighted by atomic mass is 16.1. The van der Waals surface area contributed by atoms with Crippen LogP contribution in [-0.2, 0) is 4.79 Å². The van der Waals surface area contributed by atoms with Crippen LogP contribution in [0.3, 0.4) is 0 Å². The highest BCUT2D eigenvalue weighted by Gasteiger charge is 2.67. The second-order valence-electron chi connectivity index (χ2n) is 11.2. The molecule has 0 amide bonds. The van der Waals surface area contributed by atoms with Gasteiger partial charge in [0.25, 0.3) is 0 Å². The predicted octanol–water partition coefficient (Wildman–Crippen LogP) is 5.26. The lowest BCUT2D eigenvalue weighted by molar-refractivity contribution is -0.118. The van der Waals surface area contributed by atoms with E-state index in [9.17, 15) is 15.3 Å². The number of hydrogen-bond acceptors (Lipinski definition) is 6. The number of benzene rings is 2. The molecule has 3 atom stereocenters. The summed E-state index contributed by atoms with van der Waals surface area (Å²) in [5, 5.41) is 21.2. The van der Waals surface area contributed by atoms with Gasteiger partial charge in [-0.05, 0) is 54.0 Å². The first kappa shape index (κ1) is 22.3. The van der Waals surface area contributed by atoms with Crippen LogP contribution in [0.5, 0.6) is 0 Å². The fraction of sp³-hybridized carbons (Fsp3) is 0.333. The van der Waals surface area contributed by atoms with Crippen molar-refractivity contribution in [2.75, 3.05) is 4.90 Å². The largest absolute Gasteiger partial charge is 0.383 e. The molecule has 2 heterocycles. The summed E-state index contributed by atoms with van der Waals surface area (Å²) in [5.74, 6) is -0.374. The van der Waals surface area contributed by atoms with Gasteiger partial charge in [0.1, 0.15) is 17.1 Å². The van der Waals surface area contributed by atoms with E-state index in [1.165, 1.54) is 0 Å². The number of ketones is 1. The van der Waals surface area contributed by atoms with Crippen LogP contribution < -0.4 is 10.6 Å². The fourth-order valence-corrected chi connectivity index (χ4v) is 6.86. The molecular weight excluding hydrogens is 446 g/mol. The first-order chi connectivity index (χ1) is 17.2. The van der Waals surface area contributed by atoms with Crippen LogP contribution >= 0.6 is 0 Å². The smallest absolute Gasteiger partial charge is 0.161 e. The number of hydrogen-bond donors (Lipinski definition) is 1. The second kappa shape index (κ2) is 7.18. The number of nitrogens with two attached hydrogens (primary N) is 1. The number of aliphatic imine (C=N–C) groups is 1. The third-order valence-corrected chi connectivity index (χ3v) is 8.48. The van der Waals surface area contributed by atoms with E-state index in [4.69, 9.17) is 10.7 Å². The van der Waals surface area contributed by atoms with Crippen molar-refractivity contribution in [3.8, 4) is 12.1 Å². The Balaban J connectivity index is 1.80. The minimum atomic E-state index is -1.25. The molecule has 6 nitrogen and oxygen atoms in total. The fourth-order valence-electron chi connectivity index (χ4n) is 6.86. The van der Waals surface area contributed by atoms with E-state index in [-0.39, 0.29) is 17.0 Å². The summed E-state index contributed by atoms with van der Waals surface area (Å²) in [5.41, 5.74) is 11.7. The summed E-state index contributed by atoms with van der Waals surface area (Å²) < 4.78 is 0. The summed E-state index contributed by atoms with van der Waals surface area (Å²) in [6.07, 6.45) is 1.08. The summed E-state index contributed by atoms with van der Waals surface area (Å²) in [6, 6.07) is 18.8. The zero-order valence-corrected chi connectivity index (χ0v) is 20.9. The van der Waals surface area contributed by atoms with E-state index in [0.717, 1.165) is 33.6 Å². The third kappa shape index (κ3) is 2.59. The van der Waals surface area contributed by atoms with E-state index in [2.05, 4.69) is 45.9 Å². The van der Waals surface area contributed by atoms with Crippen molar-refractivity contribution in [1.82, 2.24) is 0 Å². The molecule has 2 aliphatic heterocycles. The molecule has 6 rings (SSSR count). The van der Waals surface area contributed by atoms with Gasteiger partial charge in [-0.2, -0.15) is 10.5 Å². The first-order valence-electron chi connectivity index (χ1n) is 12.3. The average molecular weight is 474 g/mol. The Hall–Kier alpha value is -4.16. The lowest BCUT2D eigenvalue weighted by Gasteiger charge is -2.51. The van der Waals surface area contributed by atoms with Crippen molar-refractivity contribution >= 4 is 17.3 Å². The van der Waals surface area contributed by atoms with Crippen LogP contribution in [0.15, 0.2) is 70.1 Å². The van der Waals surface area contributed by atoms with Crippen LogP contribution in [-0.4, -0.2) is 11.6 Å². The molecule has 6 heteroatoms. The van der Waals surface area contributed by atoms with Gasteiger partial charge in [0.2, 0.25) is 0 Å². The molecule has 2 N–H and O–H groups in total. The third-order valence-electron chi connectivity index (χ3n) is 8.48. The molecular formula is C30H27N5O. The zero-order valence-electron chi connectivity index (χ0n) is 20.9. The van der Waals surface area contributed by atoms with Crippen molar-refractivity contribution in [3.05, 3.63) is 87.4 Å². The van der Waals surface area contributed by atoms with Gasteiger partial charge in [-0.1, -0.05) is 50.2 Å². The maximum atomic E-state index is 14.0. The van der Waals surface area contributed by atoms with Gasteiger partial charge in [-0.15, -0.1) is 0 Å². The Morgan fingerprint density at radius 3 is 2.39 bits per heavy atom. The molecule has 2 aromatic rings. The van der Waals surface area contributed by atoms with Crippen LogP contribution in [0.1, 0.15) is 60.8 Å². The molecule has 178 valence electrons. The average Bonchev–Trinajstić information content (AvgIpc) is 3.13. The Morgan fingerprint density at radius 1 is 1.03 bits per heavy atom. The molecule has 0 fully saturated rings. The Morgan fingerprint density at radius 2 is 1.72 bits per heavy atom. The minimum absolute atomic E-state index is 0.0618. The SMILES string of the molecule is Cc1cccc(N2C3=NC(N)=C(C#N)[C@H]4c5ccccc5[C@@H](C5=C2CC(C)(C)CC5=O)[C@@]34C#N)c1C. The van der Waals surface area contributed by atoms with Gasteiger partial charge in [-0.25, -0.2) is 4.99 Å². The van der Waals surface area contributed by atoms with E-state index < -0.39 is 17.3 Å². The van der Waals surface area contributed by atoms with Crippen molar-refractivity contribution in [1.29, 1.82) is 10.5 Å². The number of allylic oxidation sites excluding steroid dienone is 3. The summed E-state index contributed by atoms with van der Waals surface area (Å²) in [4.78, 5) is 20.8. The number of aryl methyl sites for hydroxylation is 1. The lowest BCUT2D eigenvalue weighted by Crippen LogP contribution is -2.56. The number of carbonyl (C=O) groups is 1. The van der Waals surface area contributed by atoms with E-state index in [0.29, 0.717) is 29.8 Å². The Labute approximate surface area is 211 Å². The molecule has 36 heavy (non-hydrogen) atoms. The molecule has 4 aliphatic rings. The van der Waals surface area contributed by atoms with Gasteiger partial charge < -0.3 is 10.6 Å². The van der Waals surface area contributed by atoms with E-state index in [1.54, 1.807) is 0 Å². The van der Waals surface area contributed by atoms with Crippen molar-refractivity contribution in [2.24, 2.45) is 21.6 Å². The summed E-state index contributed by atoms with van der Waals surface area (Å²) in [6.45, 7) is 8.32. The number of rotatable bonds is 1. The lowest BCUT2D eigenvalue weighted by atomic mass is 9.58. The van der Waals surface area contributed by atoms with E-state index in [1.807, 2.05) is 41.3 Å². The molecule has 0 bridgehead atoms. The van der Waals surface area contributed by atoms with Gasteiger partial charge in [0.15, 0.2) is 5.78 Å². The number of carbonyl (C=O) groups excluding carboxylic acids is 1. The van der Waals surface area contributed by atoms with Crippen LogP contribution in [0.4, 0.5) is 5.69 Å². The number of fused-ring (bicyclic) bond motifs is 4. The monoisotopic (exact) mass is 473 g/mol. The van der Waals surface area contributed by atoms with Gasteiger partial charge >= 0.3 is 0 Å². The molecule has 2 aliphatic carbocycles. The Bertz CT molecular complexity index is 1560. The number of nitrogens with zero attached hydrogens (tertiary/aromatic N) is 4. The summed E-state index contributed by atoms with van der Waals surface area (Å²) >= 11 is 0. The molecule has 2 aromatic carbocycles. The van der Waals surface area contributed by atoms with Crippen molar-refractivity contribution in [3.63, 3.8) is 0 Å². The Kier molecular flexibility index (Phi) is 4.45. The minimum Gasteiger partial charge on any atom is -0.383 e. The molecule has 0 saturated carbocycles.